The zero-order chi connectivity index (χ0) is 24.7. The van der Waals surface area contributed by atoms with Gasteiger partial charge in [0.05, 0.1) is 30.1 Å². The van der Waals surface area contributed by atoms with Crippen molar-refractivity contribution < 1.29 is 19.1 Å². The number of nitrogens with zero attached hydrogens (tertiary/aromatic N) is 2. The van der Waals surface area contributed by atoms with Crippen molar-refractivity contribution in [1.82, 2.24) is 15.2 Å². The van der Waals surface area contributed by atoms with Crippen molar-refractivity contribution >= 4 is 23.2 Å². The van der Waals surface area contributed by atoms with E-state index in [0.29, 0.717) is 47.7 Å². The average molecular weight is 492 g/mol. The van der Waals surface area contributed by atoms with E-state index in [4.69, 9.17) is 9.47 Å². The van der Waals surface area contributed by atoms with Crippen LogP contribution in [0.25, 0.3) is 10.4 Å². The predicted molar refractivity (Wildman–Crippen MR) is 135 cm³/mol. The summed E-state index contributed by atoms with van der Waals surface area (Å²) in [7, 11) is 3.10. The number of benzene rings is 2. The zero-order valence-corrected chi connectivity index (χ0v) is 21.1. The van der Waals surface area contributed by atoms with Gasteiger partial charge in [-0.3, -0.25) is 9.59 Å². The molecule has 0 spiro atoms. The summed E-state index contributed by atoms with van der Waals surface area (Å²) >= 11 is 1.55. The Kier molecular flexibility index (Phi) is 6.23. The molecule has 2 aromatic carbocycles. The smallest absolute Gasteiger partial charge is 0.274 e. The van der Waals surface area contributed by atoms with Crippen molar-refractivity contribution in [2.24, 2.45) is 11.8 Å². The van der Waals surface area contributed by atoms with E-state index >= 15 is 0 Å². The minimum absolute atomic E-state index is 0.0451. The number of aryl methyl sites for hydroxylation is 2. The zero-order valence-electron chi connectivity index (χ0n) is 20.3. The molecule has 182 valence electrons. The molecule has 8 heteroatoms. The van der Waals surface area contributed by atoms with E-state index in [1.807, 2.05) is 36.9 Å². The van der Waals surface area contributed by atoms with Crippen molar-refractivity contribution in [2.45, 2.75) is 26.3 Å². The Bertz CT molecular complexity index is 1260. The standard InChI is InChI=1S/C27H29N3O4S/c1-15-6-5-7-17(8-15)25-24(29-16(2)35-25)27(32)30-14-19-11-22(19)23(30)13-28-26(31)18-9-20(33-3)12-21(10-18)34-4/h5-10,12,19,22-23H,11,13-14H2,1-4H3,(H,28,31)/t19-,22?,23-/m1/s1. The van der Waals surface area contributed by atoms with Crippen LogP contribution in [0.4, 0.5) is 0 Å². The number of ether oxygens (including phenoxy) is 2. The molecule has 3 aromatic rings. The Morgan fingerprint density at radius 1 is 1.11 bits per heavy atom. The number of thiazole rings is 1. The Balaban J connectivity index is 1.34. The summed E-state index contributed by atoms with van der Waals surface area (Å²) in [4.78, 5) is 34.1. The van der Waals surface area contributed by atoms with E-state index in [9.17, 15) is 9.59 Å². The molecule has 2 fully saturated rings. The van der Waals surface area contributed by atoms with Crippen LogP contribution in [0.5, 0.6) is 11.5 Å². The molecule has 35 heavy (non-hydrogen) atoms. The average Bonchev–Trinajstić information content (AvgIpc) is 3.38. The molecule has 2 amide bonds. The van der Waals surface area contributed by atoms with Gasteiger partial charge in [0.2, 0.25) is 0 Å². The molecule has 1 aliphatic heterocycles. The summed E-state index contributed by atoms with van der Waals surface area (Å²) in [5.74, 6) is 1.75. The van der Waals surface area contributed by atoms with Gasteiger partial charge >= 0.3 is 0 Å². The number of nitrogens with one attached hydrogen (secondary N) is 1. The fraction of sp³-hybridized carbons (Fsp3) is 0.370. The quantitative estimate of drug-likeness (QED) is 0.532. The predicted octanol–water partition coefficient (Wildman–Crippen LogP) is 4.33. The number of aromatic nitrogens is 1. The molecular formula is C27H29N3O4S. The SMILES string of the molecule is COc1cc(OC)cc(C(=O)NC[C@@H]2C3C[C@@H]3CN2C(=O)c2nc(C)sc2-c2cccc(C)c2)c1. The second-order valence-electron chi connectivity index (χ2n) is 9.28. The lowest BCUT2D eigenvalue weighted by Crippen LogP contribution is -2.45. The maximum absolute atomic E-state index is 13.7. The summed E-state index contributed by atoms with van der Waals surface area (Å²) in [6.07, 6.45) is 1.10. The molecule has 2 aliphatic rings. The minimum atomic E-state index is -0.219. The van der Waals surface area contributed by atoms with E-state index in [-0.39, 0.29) is 17.9 Å². The van der Waals surface area contributed by atoms with E-state index in [0.717, 1.165) is 27.4 Å². The van der Waals surface area contributed by atoms with Crippen LogP contribution in [-0.2, 0) is 0 Å². The molecule has 5 rings (SSSR count). The topological polar surface area (TPSA) is 80.8 Å². The third-order valence-electron chi connectivity index (χ3n) is 6.87. The molecule has 1 saturated carbocycles. The van der Waals surface area contributed by atoms with Crippen LogP contribution >= 0.6 is 11.3 Å². The maximum Gasteiger partial charge on any atom is 0.274 e. The van der Waals surface area contributed by atoms with Gasteiger partial charge in [0, 0.05) is 24.7 Å². The highest BCUT2D eigenvalue weighted by atomic mass is 32.1. The monoisotopic (exact) mass is 491 g/mol. The first-order valence-corrected chi connectivity index (χ1v) is 12.6. The molecule has 1 saturated heterocycles. The fourth-order valence-electron chi connectivity index (χ4n) is 4.99. The summed E-state index contributed by atoms with van der Waals surface area (Å²) in [6, 6.07) is 13.2. The number of piperidine rings is 1. The number of hydrogen-bond acceptors (Lipinski definition) is 6. The first-order chi connectivity index (χ1) is 16.9. The molecule has 0 bridgehead atoms. The first-order valence-electron chi connectivity index (χ1n) is 11.7. The number of amides is 2. The summed E-state index contributed by atoms with van der Waals surface area (Å²) < 4.78 is 10.6. The molecule has 2 heterocycles. The number of hydrogen-bond donors (Lipinski definition) is 1. The van der Waals surface area contributed by atoms with Gasteiger partial charge in [0.1, 0.15) is 17.2 Å². The maximum atomic E-state index is 13.7. The van der Waals surface area contributed by atoms with Crippen molar-refractivity contribution in [3.05, 3.63) is 64.3 Å². The summed E-state index contributed by atoms with van der Waals surface area (Å²) in [6.45, 7) is 5.08. The van der Waals surface area contributed by atoms with E-state index in [1.165, 1.54) is 0 Å². The fourth-order valence-corrected chi connectivity index (χ4v) is 5.90. The van der Waals surface area contributed by atoms with E-state index in [2.05, 4.69) is 16.4 Å². The van der Waals surface area contributed by atoms with Crippen LogP contribution in [-0.4, -0.2) is 55.0 Å². The van der Waals surface area contributed by atoms with Gasteiger partial charge in [-0.25, -0.2) is 4.98 Å². The van der Waals surface area contributed by atoms with Crippen LogP contribution in [0.2, 0.25) is 0 Å². The van der Waals surface area contributed by atoms with Gasteiger partial charge in [0.25, 0.3) is 11.8 Å². The summed E-state index contributed by atoms with van der Waals surface area (Å²) in [5.41, 5.74) is 3.12. The third-order valence-corrected chi connectivity index (χ3v) is 7.89. The van der Waals surface area contributed by atoms with Crippen LogP contribution in [0.1, 0.15) is 37.8 Å². The Morgan fingerprint density at radius 3 is 2.54 bits per heavy atom. The highest BCUT2D eigenvalue weighted by molar-refractivity contribution is 7.15. The molecule has 3 atom stereocenters. The normalized spacial score (nSPS) is 20.3. The highest BCUT2D eigenvalue weighted by Gasteiger charge is 2.54. The summed E-state index contributed by atoms with van der Waals surface area (Å²) in [5, 5.41) is 3.90. The van der Waals surface area contributed by atoms with Gasteiger partial charge in [-0.1, -0.05) is 29.8 Å². The largest absolute Gasteiger partial charge is 0.497 e. The lowest BCUT2D eigenvalue weighted by atomic mass is 10.1. The number of fused-ring (bicyclic) bond motifs is 1. The molecule has 1 aliphatic carbocycles. The number of methoxy groups -OCH3 is 2. The molecule has 0 radical (unpaired) electrons. The lowest BCUT2D eigenvalue weighted by Gasteiger charge is -2.27. The molecule has 1 N–H and O–H groups in total. The Morgan fingerprint density at radius 2 is 1.86 bits per heavy atom. The van der Waals surface area contributed by atoms with Gasteiger partial charge < -0.3 is 19.7 Å². The van der Waals surface area contributed by atoms with Crippen LogP contribution in [0.15, 0.2) is 42.5 Å². The second-order valence-corrected chi connectivity index (χ2v) is 10.5. The van der Waals surface area contributed by atoms with Crippen molar-refractivity contribution in [3.63, 3.8) is 0 Å². The first kappa shape index (κ1) is 23.4. The molecule has 1 unspecified atom stereocenters. The van der Waals surface area contributed by atoms with Crippen molar-refractivity contribution in [3.8, 4) is 21.9 Å². The van der Waals surface area contributed by atoms with Gasteiger partial charge in [-0.15, -0.1) is 11.3 Å². The van der Waals surface area contributed by atoms with Crippen molar-refractivity contribution in [1.29, 1.82) is 0 Å². The number of likely N-dealkylation sites (tertiary alicyclic amines) is 1. The number of carbonyl (C=O) groups excluding carboxylic acids is 2. The highest BCUT2D eigenvalue weighted by Crippen LogP contribution is 2.50. The van der Waals surface area contributed by atoms with Gasteiger partial charge in [0.15, 0.2) is 0 Å². The molecule has 7 nitrogen and oxygen atoms in total. The lowest BCUT2D eigenvalue weighted by molar-refractivity contribution is 0.0690. The van der Waals surface area contributed by atoms with Crippen LogP contribution < -0.4 is 14.8 Å². The van der Waals surface area contributed by atoms with E-state index in [1.54, 1.807) is 43.8 Å². The van der Waals surface area contributed by atoms with E-state index < -0.39 is 0 Å². The molecular weight excluding hydrogens is 462 g/mol. The van der Waals surface area contributed by atoms with Gasteiger partial charge in [-0.05, 0) is 49.8 Å². The number of carbonyl (C=O) groups is 2. The van der Waals surface area contributed by atoms with Crippen molar-refractivity contribution in [2.75, 3.05) is 27.3 Å². The van der Waals surface area contributed by atoms with Gasteiger partial charge in [-0.2, -0.15) is 0 Å². The minimum Gasteiger partial charge on any atom is -0.497 e. The Hall–Kier alpha value is -3.39. The van der Waals surface area contributed by atoms with Crippen LogP contribution in [0, 0.1) is 25.7 Å². The Labute approximate surface area is 209 Å². The molecule has 1 aromatic heterocycles. The third kappa shape index (κ3) is 4.62. The number of rotatable bonds is 7. The van der Waals surface area contributed by atoms with Crippen LogP contribution in [0.3, 0.4) is 0 Å². The second kappa shape index (κ2) is 9.34.